The zero-order valence-corrected chi connectivity index (χ0v) is 15.4. The lowest BCUT2D eigenvalue weighted by Gasteiger charge is -2.29. The van der Waals surface area contributed by atoms with Crippen molar-refractivity contribution in [3.8, 4) is 0 Å². The molecule has 0 radical (unpaired) electrons. The molecule has 0 spiro atoms. The average molecular weight is 370 g/mol. The molecule has 0 N–H and O–H groups in total. The SMILES string of the molecule is Cc1ccsc1[C@@H]1CCCCCN1S(=O)(=O)c1ccc(Cl)cc1. The molecule has 6 heteroatoms. The quantitative estimate of drug-likeness (QED) is 0.762. The first kappa shape index (κ1) is 17.0. The summed E-state index contributed by atoms with van der Waals surface area (Å²) in [7, 11) is -3.51. The van der Waals surface area contributed by atoms with Gasteiger partial charge in [0.15, 0.2) is 0 Å². The van der Waals surface area contributed by atoms with E-state index in [2.05, 4.69) is 13.0 Å². The Morgan fingerprint density at radius 2 is 1.87 bits per heavy atom. The molecule has 124 valence electrons. The van der Waals surface area contributed by atoms with Gasteiger partial charge in [-0.25, -0.2) is 8.42 Å². The Kier molecular flexibility index (Phi) is 5.11. The number of benzene rings is 1. The largest absolute Gasteiger partial charge is 0.243 e. The van der Waals surface area contributed by atoms with Gasteiger partial charge in [0.2, 0.25) is 10.0 Å². The van der Waals surface area contributed by atoms with Gasteiger partial charge in [0, 0.05) is 16.4 Å². The Labute approximate surface area is 147 Å². The first-order valence-corrected chi connectivity index (χ1v) is 10.5. The minimum atomic E-state index is -3.51. The van der Waals surface area contributed by atoms with Gasteiger partial charge >= 0.3 is 0 Å². The summed E-state index contributed by atoms with van der Waals surface area (Å²) in [5, 5.41) is 2.59. The lowest BCUT2D eigenvalue weighted by atomic mass is 10.1. The van der Waals surface area contributed by atoms with Gasteiger partial charge in [0.05, 0.1) is 10.9 Å². The van der Waals surface area contributed by atoms with Gasteiger partial charge in [-0.3, -0.25) is 0 Å². The lowest BCUT2D eigenvalue weighted by molar-refractivity contribution is 0.332. The van der Waals surface area contributed by atoms with E-state index in [4.69, 9.17) is 11.6 Å². The Balaban J connectivity index is 2.02. The molecule has 0 saturated carbocycles. The summed E-state index contributed by atoms with van der Waals surface area (Å²) in [6.45, 7) is 2.64. The van der Waals surface area contributed by atoms with E-state index in [1.165, 1.54) is 10.4 Å². The van der Waals surface area contributed by atoms with Crippen LogP contribution in [0.25, 0.3) is 0 Å². The minimum absolute atomic E-state index is 0.0572. The second kappa shape index (κ2) is 6.93. The zero-order valence-electron chi connectivity index (χ0n) is 13.0. The van der Waals surface area contributed by atoms with E-state index >= 15 is 0 Å². The molecule has 3 nitrogen and oxygen atoms in total. The molecule has 0 bridgehead atoms. The molecule has 2 aromatic rings. The molecule has 1 saturated heterocycles. The summed E-state index contributed by atoms with van der Waals surface area (Å²) in [5.74, 6) is 0. The van der Waals surface area contributed by atoms with Gasteiger partial charge in [-0.2, -0.15) is 4.31 Å². The highest BCUT2D eigenvalue weighted by Crippen LogP contribution is 2.38. The van der Waals surface area contributed by atoms with E-state index in [1.54, 1.807) is 39.9 Å². The second-order valence-corrected chi connectivity index (χ2v) is 9.18. The Bertz CT molecular complexity index is 768. The number of thiophene rings is 1. The van der Waals surface area contributed by atoms with Crippen LogP contribution in [0.3, 0.4) is 0 Å². The molecule has 1 aliphatic heterocycles. The van der Waals surface area contributed by atoms with Crippen LogP contribution < -0.4 is 0 Å². The maximum absolute atomic E-state index is 13.2. The Morgan fingerprint density at radius 1 is 1.13 bits per heavy atom. The molecule has 3 rings (SSSR count). The number of hydrogen-bond donors (Lipinski definition) is 0. The minimum Gasteiger partial charge on any atom is -0.207 e. The van der Waals surface area contributed by atoms with Gasteiger partial charge in [-0.1, -0.05) is 24.4 Å². The number of aryl methyl sites for hydroxylation is 1. The van der Waals surface area contributed by atoms with Gasteiger partial charge < -0.3 is 0 Å². The van der Waals surface area contributed by atoms with Crippen molar-refractivity contribution >= 4 is 33.0 Å². The zero-order chi connectivity index (χ0) is 16.4. The molecule has 23 heavy (non-hydrogen) atoms. The molecule has 1 aliphatic rings. The summed E-state index contributed by atoms with van der Waals surface area (Å²) in [4.78, 5) is 1.49. The van der Waals surface area contributed by atoms with E-state index in [0.29, 0.717) is 16.5 Å². The van der Waals surface area contributed by atoms with Crippen molar-refractivity contribution in [2.24, 2.45) is 0 Å². The highest BCUT2D eigenvalue weighted by Gasteiger charge is 2.34. The highest BCUT2D eigenvalue weighted by atomic mass is 35.5. The molecule has 1 atom stereocenters. The second-order valence-electron chi connectivity index (χ2n) is 5.90. The molecule has 1 aromatic heterocycles. The number of halogens is 1. The number of nitrogens with zero attached hydrogens (tertiary/aromatic N) is 1. The third-order valence-electron chi connectivity index (χ3n) is 4.33. The van der Waals surface area contributed by atoms with Crippen molar-refractivity contribution in [3.63, 3.8) is 0 Å². The van der Waals surface area contributed by atoms with Crippen molar-refractivity contribution in [1.29, 1.82) is 0 Å². The predicted octanol–water partition coefficient (Wildman–Crippen LogP) is 5.02. The Hall–Kier alpha value is -0.880. The van der Waals surface area contributed by atoms with Crippen LogP contribution in [-0.2, 0) is 10.0 Å². The van der Waals surface area contributed by atoms with Crippen LogP contribution in [0.1, 0.15) is 42.2 Å². The maximum Gasteiger partial charge on any atom is 0.243 e. The molecular formula is C17H20ClNO2S2. The molecule has 0 unspecified atom stereocenters. The average Bonchev–Trinajstić information content (AvgIpc) is 2.80. The van der Waals surface area contributed by atoms with Crippen LogP contribution in [0.2, 0.25) is 5.02 Å². The molecule has 0 amide bonds. The van der Waals surface area contributed by atoms with Crippen molar-refractivity contribution in [2.75, 3.05) is 6.54 Å². The van der Waals surface area contributed by atoms with Crippen molar-refractivity contribution in [3.05, 3.63) is 51.2 Å². The third-order valence-corrected chi connectivity index (χ3v) is 7.62. The summed E-state index contributed by atoms with van der Waals surface area (Å²) >= 11 is 7.55. The van der Waals surface area contributed by atoms with Crippen LogP contribution in [0.15, 0.2) is 40.6 Å². The van der Waals surface area contributed by atoms with Crippen LogP contribution in [0, 0.1) is 6.92 Å². The van der Waals surface area contributed by atoms with Gasteiger partial charge in [0.1, 0.15) is 0 Å². The van der Waals surface area contributed by atoms with Crippen LogP contribution >= 0.6 is 22.9 Å². The summed E-state index contributed by atoms with van der Waals surface area (Å²) in [6.07, 6.45) is 3.93. The van der Waals surface area contributed by atoms with E-state index in [1.807, 2.05) is 5.38 Å². The van der Waals surface area contributed by atoms with E-state index in [-0.39, 0.29) is 6.04 Å². The molecular weight excluding hydrogens is 350 g/mol. The first-order valence-electron chi connectivity index (χ1n) is 7.81. The highest BCUT2D eigenvalue weighted by molar-refractivity contribution is 7.89. The fourth-order valence-corrected chi connectivity index (χ4v) is 6.03. The third kappa shape index (κ3) is 3.48. The number of rotatable bonds is 3. The van der Waals surface area contributed by atoms with Crippen LogP contribution in [0.5, 0.6) is 0 Å². The summed E-state index contributed by atoms with van der Waals surface area (Å²) < 4.78 is 28.0. The lowest BCUT2D eigenvalue weighted by Crippen LogP contribution is -2.34. The molecule has 1 fully saturated rings. The van der Waals surface area contributed by atoms with E-state index in [0.717, 1.165) is 25.7 Å². The number of hydrogen-bond acceptors (Lipinski definition) is 3. The monoisotopic (exact) mass is 369 g/mol. The molecule has 1 aromatic carbocycles. The Morgan fingerprint density at radius 3 is 2.52 bits per heavy atom. The molecule has 2 heterocycles. The van der Waals surface area contributed by atoms with Gasteiger partial charge in [0.25, 0.3) is 0 Å². The first-order chi connectivity index (χ1) is 11.0. The van der Waals surface area contributed by atoms with Crippen LogP contribution in [-0.4, -0.2) is 19.3 Å². The van der Waals surface area contributed by atoms with Gasteiger partial charge in [-0.05, 0) is 61.0 Å². The molecule has 0 aliphatic carbocycles. The smallest absolute Gasteiger partial charge is 0.207 e. The predicted molar refractivity (Wildman–Crippen MR) is 95.6 cm³/mol. The van der Waals surface area contributed by atoms with Crippen molar-refractivity contribution in [1.82, 2.24) is 4.31 Å². The topological polar surface area (TPSA) is 37.4 Å². The summed E-state index contributed by atoms with van der Waals surface area (Å²) in [5.41, 5.74) is 1.18. The number of sulfonamides is 1. The fraction of sp³-hybridized carbons (Fsp3) is 0.412. The normalized spacial score (nSPS) is 20.3. The van der Waals surface area contributed by atoms with Crippen molar-refractivity contribution < 1.29 is 8.42 Å². The maximum atomic E-state index is 13.2. The van der Waals surface area contributed by atoms with Gasteiger partial charge in [-0.15, -0.1) is 11.3 Å². The standard InChI is InChI=1S/C17H20ClNO2S2/c1-13-10-12-22-17(13)16-5-3-2-4-11-19(16)23(20,21)15-8-6-14(18)7-9-15/h6-10,12,16H,2-5,11H2,1H3/t16-/m0/s1. The fourth-order valence-electron chi connectivity index (χ4n) is 3.10. The van der Waals surface area contributed by atoms with Crippen molar-refractivity contribution in [2.45, 2.75) is 43.5 Å². The van der Waals surface area contributed by atoms with Crippen LogP contribution in [0.4, 0.5) is 0 Å². The summed E-state index contributed by atoms with van der Waals surface area (Å²) in [6, 6.07) is 8.48. The van der Waals surface area contributed by atoms with E-state index < -0.39 is 10.0 Å². The van der Waals surface area contributed by atoms with E-state index in [9.17, 15) is 8.42 Å².